The molecule has 4 rings (SSSR count). The molecule has 0 heterocycles. The summed E-state index contributed by atoms with van der Waals surface area (Å²) in [4.78, 5) is 0. The molecule has 3 heteroatoms. The third-order valence-electron chi connectivity index (χ3n) is 5.68. The maximum atomic E-state index is 5.93. The van der Waals surface area contributed by atoms with Crippen LogP contribution in [0.25, 0.3) is 0 Å². The minimum absolute atomic E-state index is 0.489. The minimum atomic E-state index is 0.489. The molecule has 3 aliphatic rings. The molecule has 108 valence electrons. The molecule has 1 aromatic carbocycles. The molecule has 5 N–H and O–H groups in total. The molecule has 3 aliphatic carbocycles. The molecule has 1 aromatic rings. The lowest BCUT2D eigenvalue weighted by atomic mass is 9.52. The van der Waals surface area contributed by atoms with Crippen molar-refractivity contribution in [1.82, 2.24) is 5.32 Å². The van der Waals surface area contributed by atoms with Gasteiger partial charge in [0.2, 0.25) is 0 Å². The van der Waals surface area contributed by atoms with Gasteiger partial charge >= 0.3 is 0 Å². The lowest BCUT2D eigenvalue weighted by Gasteiger charge is -2.57. The van der Waals surface area contributed by atoms with E-state index < -0.39 is 0 Å². The van der Waals surface area contributed by atoms with Gasteiger partial charge in [0.1, 0.15) is 0 Å². The Balaban J connectivity index is 1.33. The maximum Gasteiger partial charge on any atom is 0.0316 e. The van der Waals surface area contributed by atoms with Crippen LogP contribution in [-0.4, -0.2) is 18.1 Å². The Morgan fingerprint density at radius 1 is 1.05 bits per heavy atom. The summed E-state index contributed by atoms with van der Waals surface area (Å²) in [5, 5.41) is 3.88. The van der Waals surface area contributed by atoms with Gasteiger partial charge in [-0.25, -0.2) is 0 Å². The number of nitrogens with two attached hydrogens (primary N) is 2. The van der Waals surface area contributed by atoms with Crippen LogP contribution in [0.4, 0.5) is 5.69 Å². The molecule has 0 radical (unpaired) electrons. The van der Waals surface area contributed by atoms with Gasteiger partial charge in [-0.1, -0.05) is 6.07 Å². The van der Waals surface area contributed by atoms with E-state index in [0.717, 1.165) is 11.7 Å². The molecule has 1 atom stereocenters. The number of hydrogen-bond donors (Lipinski definition) is 3. The molecule has 20 heavy (non-hydrogen) atoms. The molecule has 2 saturated carbocycles. The van der Waals surface area contributed by atoms with E-state index in [0.29, 0.717) is 17.5 Å². The number of fused-ring (bicyclic) bond motifs is 1. The van der Waals surface area contributed by atoms with E-state index in [1.165, 1.54) is 56.1 Å². The fourth-order valence-electron chi connectivity index (χ4n) is 4.74. The fourth-order valence-corrected chi connectivity index (χ4v) is 4.74. The van der Waals surface area contributed by atoms with E-state index in [-0.39, 0.29) is 0 Å². The zero-order chi connectivity index (χ0) is 13.7. The summed E-state index contributed by atoms with van der Waals surface area (Å²) in [7, 11) is 0. The molecule has 1 spiro atoms. The number of nitrogens with one attached hydrogen (secondary N) is 1. The lowest BCUT2D eigenvalue weighted by Crippen LogP contribution is -2.60. The average Bonchev–Trinajstić information content (AvgIpc) is 2.34. The topological polar surface area (TPSA) is 64.1 Å². The van der Waals surface area contributed by atoms with Crippen LogP contribution in [0.2, 0.25) is 0 Å². The van der Waals surface area contributed by atoms with Crippen LogP contribution in [0.3, 0.4) is 0 Å². The molecule has 0 amide bonds. The Kier molecular flexibility index (Phi) is 2.83. The van der Waals surface area contributed by atoms with E-state index in [1.54, 1.807) is 0 Å². The van der Waals surface area contributed by atoms with E-state index in [1.807, 2.05) is 6.07 Å². The molecule has 3 nitrogen and oxygen atoms in total. The Bertz CT molecular complexity index is 511. The molecule has 0 aromatic heterocycles. The van der Waals surface area contributed by atoms with Crippen molar-refractivity contribution >= 4 is 5.69 Å². The molecule has 1 unspecified atom stereocenters. The van der Waals surface area contributed by atoms with Crippen molar-refractivity contribution in [3.8, 4) is 0 Å². The van der Waals surface area contributed by atoms with E-state index in [2.05, 4.69) is 17.4 Å². The molecule has 0 aliphatic heterocycles. The molecular formula is C17H25N3. The normalized spacial score (nSPS) is 39.0. The number of anilines is 1. The SMILES string of the molecule is Nc1ccc2c(c1)CCC(NC1CC3(CC(N)C3)C1)C2. The fraction of sp³-hybridized carbons (Fsp3) is 0.647. The van der Waals surface area contributed by atoms with Gasteiger partial charge in [-0.15, -0.1) is 0 Å². The van der Waals surface area contributed by atoms with Gasteiger partial charge in [0.25, 0.3) is 0 Å². The first-order valence-electron chi connectivity index (χ1n) is 8.01. The highest BCUT2D eigenvalue weighted by Gasteiger charge is 2.51. The Morgan fingerprint density at radius 2 is 1.85 bits per heavy atom. The van der Waals surface area contributed by atoms with Gasteiger partial charge in [-0.2, -0.15) is 0 Å². The quantitative estimate of drug-likeness (QED) is 0.721. The lowest BCUT2D eigenvalue weighted by molar-refractivity contribution is -0.0219. The Morgan fingerprint density at radius 3 is 2.60 bits per heavy atom. The smallest absolute Gasteiger partial charge is 0.0316 e. The van der Waals surface area contributed by atoms with E-state index >= 15 is 0 Å². The number of nitrogen functional groups attached to an aromatic ring is 1. The van der Waals surface area contributed by atoms with Crippen molar-refractivity contribution in [2.45, 2.75) is 63.1 Å². The van der Waals surface area contributed by atoms with Gasteiger partial charge in [-0.05, 0) is 73.6 Å². The van der Waals surface area contributed by atoms with E-state index in [4.69, 9.17) is 11.5 Å². The number of aryl methyl sites for hydroxylation is 1. The van der Waals surface area contributed by atoms with Crippen LogP contribution < -0.4 is 16.8 Å². The van der Waals surface area contributed by atoms with Crippen LogP contribution in [0.15, 0.2) is 18.2 Å². The largest absolute Gasteiger partial charge is 0.399 e. The maximum absolute atomic E-state index is 5.93. The van der Waals surface area contributed by atoms with Crippen LogP contribution in [0.5, 0.6) is 0 Å². The first-order chi connectivity index (χ1) is 9.62. The van der Waals surface area contributed by atoms with Crippen molar-refractivity contribution in [3.63, 3.8) is 0 Å². The predicted molar refractivity (Wildman–Crippen MR) is 82.5 cm³/mol. The first kappa shape index (κ1) is 12.7. The van der Waals surface area contributed by atoms with Crippen molar-refractivity contribution in [2.75, 3.05) is 5.73 Å². The summed E-state index contributed by atoms with van der Waals surface area (Å²) in [6.07, 6.45) is 8.81. The first-order valence-corrected chi connectivity index (χ1v) is 8.01. The Hall–Kier alpha value is -1.06. The zero-order valence-corrected chi connectivity index (χ0v) is 12.1. The van der Waals surface area contributed by atoms with Gasteiger partial charge in [0.05, 0.1) is 0 Å². The van der Waals surface area contributed by atoms with Crippen LogP contribution in [0, 0.1) is 5.41 Å². The van der Waals surface area contributed by atoms with Crippen LogP contribution in [-0.2, 0) is 12.8 Å². The summed E-state index contributed by atoms with van der Waals surface area (Å²) in [6, 6.07) is 8.29. The van der Waals surface area contributed by atoms with Crippen molar-refractivity contribution < 1.29 is 0 Å². The molecule has 2 fully saturated rings. The van der Waals surface area contributed by atoms with Crippen molar-refractivity contribution in [3.05, 3.63) is 29.3 Å². The second-order valence-corrected chi connectivity index (χ2v) is 7.41. The van der Waals surface area contributed by atoms with Crippen LogP contribution in [0.1, 0.15) is 43.2 Å². The molecule has 0 bridgehead atoms. The second kappa shape index (κ2) is 4.47. The predicted octanol–water partition coefficient (Wildman–Crippen LogP) is 1.99. The highest BCUT2D eigenvalue weighted by atomic mass is 15.0. The third-order valence-corrected chi connectivity index (χ3v) is 5.68. The highest BCUT2D eigenvalue weighted by Crippen LogP contribution is 2.55. The van der Waals surface area contributed by atoms with Crippen molar-refractivity contribution in [1.29, 1.82) is 0 Å². The second-order valence-electron chi connectivity index (χ2n) is 7.41. The van der Waals surface area contributed by atoms with Crippen LogP contribution >= 0.6 is 0 Å². The Labute approximate surface area is 121 Å². The summed E-state index contributed by atoms with van der Waals surface area (Å²) < 4.78 is 0. The number of benzene rings is 1. The van der Waals surface area contributed by atoms with Crippen molar-refractivity contribution in [2.24, 2.45) is 11.1 Å². The summed E-state index contributed by atoms with van der Waals surface area (Å²) >= 11 is 0. The van der Waals surface area contributed by atoms with E-state index in [9.17, 15) is 0 Å². The monoisotopic (exact) mass is 271 g/mol. The number of rotatable bonds is 2. The standard InChI is InChI=1S/C17H25N3/c18-13-3-1-12-6-15(4-2-11(12)5-13)20-16-9-17(10-16)7-14(19)8-17/h1,3,5,14-16,20H,2,4,6-10,18-19H2. The highest BCUT2D eigenvalue weighted by molar-refractivity contribution is 5.46. The summed E-state index contributed by atoms with van der Waals surface area (Å²) in [5.41, 5.74) is 16.3. The number of hydrogen-bond acceptors (Lipinski definition) is 3. The van der Waals surface area contributed by atoms with Gasteiger partial charge in [0, 0.05) is 23.8 Å². The van der Waals surface area contributed by atoms with Gasteiger partial charge in [0.15, 0.2) is 0 Å². The minimum Gasteiger partial charge on any atom is -0.399 e. The summed E-state index contributed by atoms with van der Waals surface area (Å²) in [5.74, 6) is 0. The average molecular weight is 271 g/mol. The summed E-state index contributed by atoms with van der Waals surface area (Å²) in [6.45, 7) is 0. The van der Waals surface area contributed by atoms with Gasteiger partial charge in [-0.3, -0.25) is 0 Å². The zero-order valence-electron chi connectivity index (χ0n) is 12.1. The molecule has 0 saturated heterocycles. The molecular weight excluding hydrogens is 246 g/mol. The van der Waals surface area contributed by atoms with Gasteiger partial charge < -0.3 is 16.8 Å². The third kappa shape index (κ3) is 2.13.